The molecule has 0 bridgehead atoms. The molecule has 0 aliphatic carbocycles. The van der Waals surface area contributed by atoms with Crippen LogP contribution in [0.5, 0.6) is 0 Å². The van der Waals surface area contributed by atoms with Crippen molar-refractivity contribution in [1.82, 2.24) is 0 Å². The molecule has 0 saturated heterocycles. The van der Waals surface area contributed by atoms with Crippen molar-refractivity contribution in [3.05, 3.63) is 142 Å². The third-order valence-corrected chi connectivity index (χ3v) is 16.3. The largest absolute Gasteiger partial charge is 0.0572 e. The lowest BCUT2D eigenvalue weighted by Crippen LogP contribution is -2.16. The van der Waals surface area contributed by atoms with E-state index in [1.165, 1.54) is 131 Å². The summed E-state index contributed by atoms with van der Waals surface area (Å²) in [4.78, 5) is 0. The van der Waals surface area contributed by atoms with Crippen LogP contribution in [0.25, 0.3) is 86.2 Å². The fourth-order valence-corrected chi connectivity index (χ4v) is 12.9. The van der Waals surface area contributed by atoms with Gasteiger partial charge in [0.15, 0.2) is 0 Å². The summed E-state index contributed by atoms with van der Waals surface area (Å²) in [6, 6.07) is 38.7. The van der Waals surface area contributed by atoms with Crippen LogP contribution >= 0.6 is 0 Å². The van der Waals surface area contributed by atoms with Gasteiger partial charge in [0.1, 0.15) is 0 Å². The zero-order valence-electron chi connectivity index (χ0n) is 49.2. The first kappa shape index (κ1) is 51.7. The number of fused-ring (bicyclic) bond motifs is 4. The van der Waals surface area contributed by atoms with Gasteiger partial charge in [0.2, 0.25) is 0 Å². The maximum Gasteiger partial charge on any atom is -0.00203 e. The van der Waals surface area contributed by atoms with Crippen molar-refractivity contribution in [1.29, 1.82) is 0 Å². The second-order valence-electron chi connectivity index (χ2n) is 30.3. The predicted octanol–water partition coefficient (Wildman–Crippen LogP) is 21.9. The lowest BCUT2D eigenvalue weighted by atomic mass is 9.73. The van der Waals surface area contributed by atoms with Gasteiger partial charge in [0, 0.05) is 0 Å². The normalized spacial score (nSPS) is 14.1. The van der Waals surface area contributed by atoms with Crippen LogP contribution in [0.2, 0.25) is 0 Å². The summed E-state index contributed by atoms with van der Waals surface area (Å²) in [5, 5.41) is 22.9. The second kappa shape index (κ2) is 16.1. The van der Waals surface area contributed by atoms with Crippen LogP contribution in [0.4, 0.5) is 0 Å². The number of rotatable bonds is 0. The first-order valence-electron chi connectivity index (χ1n) is 27.3. The molecule has 0 heterocycles. The fraction of sp³-hybridized carbons (Fsp3) is 0.444. The smallest absolute Gasteiger partial charge is 0.00203 e. The Morgan fingerprint density at radius 2 is 0.264 bits per heavy atom. The van der Waals surface area contributed by atoms with Gasteiger partial charge in [-0.25, -0.2) is 0 Å². The fourth-order valence-electron chi connectivity index (χ4n) is 12.9. The molecule has 0 N–H and O–H groups in total. The standard InChI is InChI=1S/2C36H44/c2*1-33(2,3)25-17-15-23-29-21(25)13-19-27(35(7,8)9)31(29)24-16-18-26(34(4,5)6)22-14-20-28(36(10,11)12)32(23)30(22)24/h2*13-20H,1-12H3. The Kier molecular flexibility index (Phi) is 11.6. The van der Waals surface area contributed by atoms with Crippen molar-refractivity contribution >= 4 is 86.2 Å². The molecule has 0 unspecified atom stereocenters. The zero-order chi connectivity index (χ0) is 53.2. The second-order valence-corrected chi connectivity index (χ2v) is 30.3. The van der Waals surface area contributed by atoms with Crippen LogP contribution < -0.4 is 0 Å². The predicted molar refractivity (Wildman–Crippen MR) is 325 cm³/mol. The van der Waals surface area contributed by atoms with Crippen molar-refractivity contribution in [3.8, 4) is 0 Å². The molecule has 0 spiro atoms. The lowest BCUT2D eigenvalue weighted by molar-refractivity contribution is 0.592. The molecular weight excluding hydrogens is 865 g/mol. The maximum absolute atomic E-state index is 2.44. The molecule has 0 saturated carbocycles. The van der Waals surface area contributed by atoms with E-state index >= 15 is 0 Å². The Labute approximate surface area is 435 Å². The molecule has 0 heteroatoms. The summed E-state index contributed by atoms with van der Waals surface area (Å²) in [6.45, 7) is 56.4. The van der Waals surface area contributed by atoms with E-state index in [1.807, 2.05) is 0 Å². The third-order valence-electron chi connectivity index (χ3n) is 16.3. The Morgan fingerprint density at radius 3 is 0.403 bits per heavy atom. The van der Waals surface area contributed by atoms with Gasteiger partial charge in [0.05, 0.1) is 0 Å². The lowest BCUT2D eigenvalue weighted by Gasteiger charge is -2.31. The quantitative estimate of drug-likeness (QED) is 0.105. The van der Waals surface area contributed by atoms with Crippen LogP contribution in [0.15, 0.2) is 97.1 Å². The van der Waals surface area contributed by atoms with Gasteiger partial charge in [0.25, 0.3) is 0 Å². The summed E-state index contributed by atoms with van der Waals surface area (Å²) >= 11 is 0. The van der Waals surface area contributed by atoms with Gasteiger partial charge in [-0.15, -0.1) is 0 Å². The molecule has 10 aromatic rings. The summed E-state index contributed by atoms with van der Waals surface area (Å²) < 4.78 is 0. The highest BCUT2D eigenvalue weighted by molar-refractivity contribution is 6.36. The molecule has 0 radical (unpaired) electrons. The van der Waals surface area contributed by atoms with Gasteiger partial charge < -0.3 is 0 Å². The van der Waals surface area contributed by atoms with Crippen molar-refractivity contribution in [2.45, 2.75) is 209 Å². The minimum absolute atomic E-state index is 0.0483. The monoisotopic (exact) mass is 953 g/mol. The Balaban J connectivity index is 0.000000178. The van der Waals surface area contributed by atoms with Gasteiger partial charge in [-0.1, -0.05) is 263 Å². The molecule has 0 aliphatic rings. The SMILES string of the molecule is CC(C)(C)c1ccc2c3c(C(C)(C)C)ccc4c(C(C)(C)C)ccc(c5c(C(C)(C)C)ccc1c25)c43.CC(C)(C)c1ccc2c3c(C(C)(C)C)ccc4c(C(C)(C)C)ccc(c5c(C(C)(C)C)ccc1c25)c43. The van der Waals surface area contributed by atoms with E-state index < -0.39 is 0 Å². The molecule has 0 fully saturated rings. The molecule has 10 rings (SSSR count). The summed E-state index contributed by atoms with van der Waals surface area (Å²) in [5.41, 5.74) is 12.0. The van der Waals surface area contributed by atoms with Crippen LogP contribution in [0.3, 0.4) is 0 Å². The Morgan fingerprint density at radius 1 is 0.139 bits per heavy atom. The van der Waals surface area contributed by atoms with Crippen LogP contribution in [0.1, 0.15) is 211 Å². The zero-order valence-corrected chi connectivity index (χ0v) is 49.2. The van der Waals surface area contributed by atoms with E-state index in [0.29, 0.717) is 0 Å². The highest BCUT2D eigenvalue weighted by Gasteiger charge is 2.32. The maximum atomic E-state index is 2.44. The van der Waals surface area contributed by atoms with Gasteiger partial charge in [-0.05, 0) is 174 Å². The van der Waals surface area contributed by atoms with Crippen LogP contribution in [-0.4, -0.2) is 0 Å². The molecule has 10 aromatic carbocycles. The molecule has 0 atom stereocenters. The van der Waals surface area contributed by atoms with Crippen molar-refractivity contribution in [3.63, 3.8) is 0 Å². The van der Waals surface area contributed by atoms with Crippen molar-refractivity contribution in [2.24, 2.45) is 0 Å². The van der Waals surface area contributed by atoms with E-state index in [1.54, 1.807) is 0 Å². The average molecular weight is 953 g/mol. The Bertz CT molecular complexity index is 3260. The number of benzene rings is 10. The van der Waals surface area contributed by atoms with E-state index in [4.69, 9.17) is 0 Å². The average Bonchev–Trinajstić information content (AvgIpc) is 3.23. The summed E-state index contributed by atoms with van der Waals surface area (Å²) in [5.74, 6) is 0. The van der Waals surface area contributed by atoms with Crippen LogP contribution in [0, 0.1) is 0 Å². The highest BCUT2D eigenvalue weighted by Crippen LogP contribution is 2.52. The minimum atomic E-state index is 0.0483. The molecule has 0 amide bonds. The highest BCUT2D eigenvalue weighted by atomic mass is 14.4. The van der Waals surface area contributed by atoms with E-state index in [0.717, 1.165) is 0 Å². The van der Waals surface area contributed by atoms with Gasteiger partial charge in [-0.3, -0.25) is 0 Å². The third kappa shape index (κ3) is 8.25. The van der Waals surface area contributed by atoms with Crippen LogP contribution in [-0.2, 0) is 43.3 Å². The van der Waals surface area contributed by atoms with Crippen molar-refractivity contribution in [2.75, 3.05) is 0 Å². The molecule has 0 aromatic heterocycles. The van der Waals surface area contributed by atoms with E-state index in [-0.39, 0.29) is 43.3 Å². The number of hydrogen-bond acceptors (Lipinski definition) is 0. The van der Waals surface area contributed by atoms with Crippen molar-refractivity contribution < 1.29 is 0 Å². The number of hydrogen-bond donors (Lipinski definition) is 0. The molecular formula is C72H88. The van der Waals surface area contributed by atoms with E-state index in [9.17, 15) is 0 Å². The van der Waals surface area contributed by atoms with Gasteiger partial charge in [-0.2, -0.15) is 0 Å². The minimum Gasteiger partial charge on any atom is -0.0572 e. The topological polar surface area (TPSA) is 0 Å². The molecule has 72 heavy (non-hydrogen) atoms. The van der Waals surface area contributed by atoms with Gasteiger partial charge >= 0.3 is 0 Å². The molecule has 0 aliphatic heterocycles. The molecule has 0 nitrogen and oxygen atoms in total. The van der Waals surface area contributed by atoms with E-state index in [2.05, 4.69) is 263 Å². The Hall–Kier alpha value is -5.20. The first-order valence-corrected chi connectivity index (χ1v) is 27.3. The summed E-state index contributed by atoms with van der Waals surface area (Å²) in [6.07, 6.45) is 0. The summed E-state index contributed by atoms with van der Waals surface area (Å²) in [7, 11) is 0. The molecule has 376 valence electrons. The first-order chi connectivity index (χ1) is 32.8.